The molecule has 2 N–H and O–H groups in total. The third kappa shape index (κ3) is 3.92. The van der Waals surface area contributed by atoms with Crippen LogP contribution in [0.2, 0.25) is 0 Å². The van der Waals surface area contributed by atoms with Crippen LogP contribution in [0.3, 0.4) is 0 Å². The lowest BCUT2D eigenvalue weighted by molar-refractivity contribution is -0.136. The van der Waals surface area contributed by atoms with E-state index in [1.165, 1.54) is 4.90 Å². The smallest absolute Gasteiger partial charge is 0.411 e. The highest BCUT2D eigenvalue weighted by atomic mass is 16.6. The topological polar surface area (TPSA) is 87.7 Å². The molecular formula is C18H23N3O4. The molecule has 2 heterocycles. The van der Waals surface area contributed by atoms with Gasteiger partial charge >= 0.3 is 6.09 Å². The van der Waals surface area contributed by atoms with Crippen molar-refractivity contribution in [3.8, 4) is 0 Å². The van der Waals surface area contributed by atoms with Gasteiger partial charge in [0.05, 0.1) is 6.54 Å². The maximum absolute atomic E-state index is 12.2. The minimum absolute atomic E-state index is 0.0378. The molecule has 2 saturated heterocycles. The van der Waals surface area contributed by atoms with E-state index in [1.54, 1.807) is 0 Å². The SMILES string of the molecule is CC(C)(C)Nc1ccc([C@H]2CN(C3CCC(=O)NC3=O)C(=O)O2)cc1. The van der Waals surface area contributed by atoms with Crippen LogP contribution >= 0.6 is 0 Å². The Kier molecular flexibility index (Phi) is 4.41. The number of imide groups is 1. The van der Waals surface area contributed by atoms with Gasteiger partial charge in [-0.25, -0.2) is 4.79 Å². The molecule has 0 aliphatic carbocycles. The molecule has 0 radical (unpaired) electrons. The average Bonchev–Trinajstić information content (AvgIpc) is 2.88. The molecule has 0 spiro atoms. The Morgan fingerprint density at radius 3 is 2.44 bits per heavy atom. The zero-order valence-electron chi connectivity index (χ0n) is 14.7. The monoisotopic (exact) mass is 345 g/mol. The second-order valence-corrected chi connectivity index (χ2v) is 7.49. The largest absolute Gasteiger partial charge is 0.439 e. The van der Waals surface area contributed by atoms with Crippen LogP contribution in [0.15, 0.2) is 24.3 Å². The maximum Gasteiger partial charge on any atom is 0.411 e. The van der Waals surface area contributed by atoms with Gasteiger partial charge in [-0.15, -0.1) is 0 Å². The number of nitrogens with one attached hydrogen (secondary N) is 2. The molecule has 1 aromatic rings. The van der Waals surface area contributed by atoms with E-state index < -0.39 is 24.1 Å². The van der Waals surface area contributed by atoms with Crippen molar-refractivity contribution in [3.63, 3.8) is 0 Å². The van der Waals surface area contributed by atoms with Crippen LogP contribution in [-0.4, -0.2) is 40.9 Å². The van der Waals surface area contributed by atoms with Crippen molar-refractivity contribution >= 4 is 23.6 Å². The number of anilines is 1. The van der Waals surface area contributed by atoms with Crippen molar-refractivity contribution in [1.82, 2.24) is 10.2 Å². The van der Waals surface area contributed by atoms with E-state index in [2.05, 4.69) is 31.4 Å². The number of carbonyl (C=O) groups is 3. The third-order valence-corrected chi connectivity index (χ3v) is 4.23. The highest BCUT2D eigenvalue weighted by Crippen LogP contribution is 2.30. The van der Waals surface area contributed by atoms with Gasteiger partial charge in [0, 0.05) is 17.6 Å². The van der Waals surface area contributed by atoms with Crippen molar-refractivity contribution in [3.05, 3.63) is 29.8 Å². The first-order valence-electron chi connectivity index (χ1n) is 8.42. The third-order valence-electron chi connectivity index (χ3n) is 4.23. The molecule has 3 amide bonds. The molecule has 2 aliphatic heterocycles. The highest BCUT2D eigenvalue weighted by Gasteiger charge is 2.41. The van der Waals surface area contributed by atoms with Gasteiger partial charge in [-0.05, 0) is 44.9 Å². The van der Waals surface area contributed by atoms with E-state index >= 15 is 0 Å². The van der Waals surface area contributed by atoms with E-state index in [9.17, 15) is 14.4 Å². The first-order chi connectivity index (χ1) is 11.7. The van der Waals surface area contributed by atoms with Crippen molar-refractivity contribution < 1.29 is 19.1 Å². The zero-order valence-corrected chi connectivity index (χ0v) is 14.7. The summed E-state index contributed by atoms with van der Waals surface area (Å²) in [6.07, 6.45) is -0.364. The van der Waals surface area contributed by atoms with Gasteiger partial charge in [0.25, 0.3) is 0 Å². The Hall–Kier alpha value is -2.57. The number of nitrogens with zero attached hydrogens (tertiary/aromatic N) is 1. The number of benzene rings is 1. The lowest BCUT2D eigenvalue weighted by Gasteiger charge is -2.27. The Labute approximate surface area is 146 Å². The van der Waals surface area contributed by atoms with E-state index in [0.29, 0.717) is 13.0 Å². The summed E-state index contributed by atoms with van der Waals surface area (Å²) < 4.78 is 5.43. The summed E-state index contributed by atoms with van der Waals surface area (Å²) in [5, 5.41) is 5.65. The summed E-state index contributed by atoms with van der Waals surface area (Å²) in [5.41, 5.74) is 1.83. The van der Waals surface area contributed by atoms with E-state index in [-0.39, 0.29) is 17.9 Å². The Morgan fingerprint density at radius 1 is 1.16 bits per heavy atom. The van der Waals surface area contributed by atoms with Crippen molar-refractivity contribution in [2.24, 2.45) is 0 Å². The number of amides is 3. The fourth-order valence-electron chi connectivity index (χ4n) is 3.10. The van der Waals surface area contributed by atoms with Gasteiger partial charge in [0.15, 0.2) is 0 Å². The van der Waals surface area contributed by atoms with Crippen LogP contribution in [-0.2, 0) is 14.3 Å². The van der Waals surface area contributed by atoms with Crippen molar-refractivity contribution in [2.75, 3.05) is 11.9 Å². The van der Waals surface area contributed by atoms with Gasteiger partial charge in [-0.1, -0.05) is 12.1 Å². The lowest BCUT2D eigenvalue weighted by atomic mass is 10.0. The summed E-state index contributed by atoms with van der Waals surface area (Å²) in [6, 6.07) is 7.09. The van der Waals surface area contributed by atoms with E-state index in [0.717, 1.165) is 11.3 Å². The molecule has 3 rings (SSSR count). The standard InChI is InChI=1S/C18H23N3O4/c1-18(2,3)20-12-6-4-11(5-7-12)14-10-21(17(24)25-14)13-8-9-15(22)19-16(13)23/h4-7,13-14,20H,8-10H2,1-3H3,(H,19,22,23)/t13?,14-/m1/s1. The molecule has 0 saturated carbocycles. The van der Waals surface area contributed by atoms with Crippen LogP contribution < -0.4 is 10.6 Å². The Bertz CT molecular complexity index is 693. The number of cyclic esters (lactones) is 1. The molecule has 1 aromatic carbocycles. The Morgan fingerprint density at radius 2 is 1.84 bits per heavy atom. The summed E-state index contributed by atoms with van der Waals surface area (Å²) in [5.74, 6) is -0.731. The number of carbonyl (C=O) groups excluding carboxylic acids is 3. The van der Waals surface area contributed by atoms with Crippen molar-refractivity contribution in [2.45, 2.75) is 51.3 Å². The number of ether oxygens (including phenoxy) is 1. The fourth-order valence-corrected chi connectivity index (χ4v) is 3.10. The van der Waals surface area contributed by atoms with Gasteiger partial charge in [-0.2, -0.15) is 0 Å². The number of rotatable bonds is 3. The average molecular weight is 345 g/mol. The lowest BCUT2D eigenvalue weighted by Crippen LogP contribution is -2.52. The second-order valence-electron chi connectivity index (χ2n) is 7.49. The molecular weight excluding hydrogens is 322 g/mol. The van der Waals surface area contributed by atoms with Gasteiger partial charge < -0.3 is 10.1 Å². The maximum atomic E-state index is 12.2. The van der Waals surface area contributed by atoms with Crippen LogP contribution in [0.1, 0.15) is 45.3 Å². The summed E-state index contributed by atoms with van der Waals surface area (Å²) in [7, 11) is 0. The second kappa shape index (κ2) is 6.38. The molecule has 134 valence electrons. The molecule has 0 aromatic heterocycles. The molecule has 2 fully saturated rings. The van der Waals surface area contributed by atoms with E-state index in [1.807, 2.05) is 24.3 Å². The molecule has 7 nitrogen and oxygen atoms in total. The quantitative estimate of drug-likeness (QED) is 0.820. The summed E-state index contributed by atoms with van der Waals surface area (Å²) in [4.78, 5) is 36.8. The highest BCUT2D eigenvalue weighted by molar-refractivity contribution is 6.01. The molecule has 0 bridgehead atoms. The predicted molar refractivity (Wildman–Crippen MR) is 91.9 cm³/mol. The van der Waals surface area contributed by atoms with Crippen molar-refractivity contribution in [1.29, 1.82) is 0 Å². The first kappa shape index (κ1) is 17.3. The molecule has 7 heteroatoms. The Balaban J connectivity index is 1.68. The number of piperidine rings is 1. The zero-order chi connectivity index (χ0) is 18.2. The van der Waals surface area contributed by atoms with Crippen LogP contribution in [0.25, 0.3) is 0 Å². The minimum Gasteiger partial charge on any atom is -0.439 e. The van der Waals surface area contributed by atoms with Crippen LogP contribution in [0, 0.1) is 0 Å². The fraction of sp³-hybridized carbons (Fsp3) is 0.500. The number of hydrogen-bond acceptors (Lipinski definition) is 5. The van der Waals surface area contributed by atoms with Crippen LogP contribution in [0.4, 0.5) is 10.5 Å². The molecule has 2 aliphatic rings. The number of hydrogen-bond donors (Lipinski definition) is 2. The minimum atomic E-state index is -0.642. The van der Waals surface area contributed by atoms with Gasteiger partial charge in [0.2, 0.25) is 11.8 Å². The molecule has 2 atom stereocenters. The molecule has 1 unspecified atom stereocenters. The predicted octanol–water partition coefficient (Wildman–Crippen LogP) is 2.20. The summed E-state index contributed by atoms with van der Waals surface area (Å²) in [6.45, 7) is 6.55. The van der Waals surface area contributed by atoms with Crippen LogP contribution in [0.5, 0.6) is 0 Å². The molecule has 25 heavy (non-hydrogen) atoms. The van der Waals surface area contributed by atoms with Gasteiger partial charge in [0.1, 0.15) is 12.1 Å². The normalized spacial score (nSPS) is 24.1. The van der Waals surface area contributed by atoms with Gasteiger partial charge in [-0.3, -0.25) is 19.8 Å². The first-order valence-corrected chi connectivity index (χ1v) is 8.42. The summed E-state index contributed by atoms with van der Waals surface area (Å²) >= 11 is 0. The van der Waals surface area contributed by atoms with E-state index in [4.69, 9.17) is 4.74 Å².